The Labute approximate surface area is 155 Å². The van der Waals surface area contributed by atoms with Crippen LogP contribution in [0.3, 0.4) is 0 Å². The number of thiophene rings is 1. The lowest BCUT2D eigenvalue weighted by Crippen LogP contribution is -2.44. The molecule has 0 bridgehead atoms. The number of aromatic nitrogens is 1. The van der Waals surface area contributed by atoms with Gasteiger partial charge in [0.25, 0.3) is 5.92 Å². The fourth-order valence-electron chi connectivity index (χ4n) is 3.94. The molecule has 2 fully saturated rings. The van der Waals surface area contributed by atoms with Gasteiger partial charge in [-0.2, -0.15) is 0 Å². The maximum absolute atomic E-state index is 13.2. The molecule has 0 aliphatic carbocycles. The molecule has 0 N–H and O–H groups in total. The molecule has 4 rings (SSSR count). The Morgan fingerprint density at radius 3 is 2.65 bits per heavy atom. The summed E-state index contributed by atoms with van der Waals surface area (Å²) in [5.74, 6) is -1.19. The van der Waals surface area contributed by atoms with E-state index in [2.05, 4.69) is 21.3 Å². The third-order valence-electron chi connectivity index (χ3n) is 5.58. The number of hydrogen-bond acceptors (Lipinski definition) is 4. The molecular formula is C19H23F2N3OS. The molecule has 4 nitrogen and oxygen atoms in total. The van der Waals surface area contributed by atoms with Crippen molar-refractivity contribution in [3.8, 4) is 0 Å². The number of carbonyl (C=O) groups is 1. The van der Waals surface area contributed by atoms with Crippen LogP contribution in [0.4, 0.5) is 14.6 Å². The third-order valence-corrected chi connectivity index (χ3v) is 6.47. The first-order valence-electron chi connectivity index (χ1n) is 9.25. The second-order valence-corrected chi connectivity index (χ2v) is 8.29. The van der Waals surface area contributed by atoms with Gasteiger partial charge in [-0.1, -0.05) is 0 Å². The molecule has 0 unspecified atom stereocenters. The van der Waals surface area contributed by atoms with Crippen LogP contribution in [-0.4, -0.2) is 47.9 Å². The molecule has 140 valence electrons. The minimum atomic E-state index is -2.60. The number of piperidine rings is 2. The minimum absolute atomic E-state index is 0.0389. The Hall–Kier alpha value is -1.76. The molecule has 2 saturated heterocycles. The largest absolute Gasteiger partial charge is 0.356 e. The summed E-state index contributed by atoms with van der Waals surface area (Å²) in [5.41, 5.74) is 0. The molecule has 7 heteroatoms. The van der Waals surface area contributed by atoms with Crippen LogP contribution in [0.15, 0.2) is 23.7 Å². The number of fused-ring (bicyclic) bond motifs is 1. The number of amides is 1. The summed E-state index contributed by atoms with van der Waals surface area (Å²) in [5, 5.41) is 3.28. The van der Waals surface area contributed by atoms with Crippen molar-refractivity contribution in [2.24, 2.45) is 5.92 Å². The lowest BCUT2D eigenvalue weighted by Gasteiger charge is -2.35. The summed E-state index contributed by atoms with van der Waals surface area (Å²) in [6, 6.07) is 4.15. The van der Waals surface area contributed by atoms with Crippen molar-refractivity contribution in [3.05, 3.63) is 23.7 Å². The number of likely N-dealkylation sites (tertiary alicyclic amines) is 1. The molecule has 0 atom stereocenters. The van der Waals surface area contributed by atoms with E-state index in [1.807, 2.05) is 12.3 Å². The van der Waals surface area contributed by atoms with Crippen molar-refractivity contribution < 1.29 is 13.6 Å². The zero-order valence-electron chi connectivity index (χ0n) is 14.7. The van der Waals surface area contributed by atoms with E-state index in [-0.39, 0.29) is 31.8 Å². The van der Waals surface area contributed by atoms with Gasteiger partial charge in [0.1, 0.15) is 5.82 Å². The first kappa shape index (κ1) is 17.6. The predicted molar refractivity (Wildman–Crippen MR) is 99.9 cm³/mol. The number of anilines is 1. The Balaban J connectivity index is 1.31. The maximum Gasteiger partial charge on any atom is 0.251 e. The van der Waals surface area contributed by atoms with Gasteiger partial charge in [-0.05, 0) is 36.3 Å². The molecule has 2 aliphatic rings. The van der Waals surface area contributed by atoms with E-state index in [0.717, 1.165) is 31.7 Å². The summed E-state index contributed by atoms with van der Waals surface area (Å²) in [7, 11) is 0. The topological polar surface area (TPSA) is 36.4 Å². The minimum Gasteiger partial charge on any atom is -0.356 e. The molecule has 2 aromatic rings. The number of nitrogens with zero attached hydrogens (tertiary/aromatic N) is 3. The van der Waals surface area contributed by atoms with Gasteiger partial charge in [-0.25, -0.2) is 13.8 Å². The Morgan fingerprint density at radius 2 is 1.92 bits per heavy atom. The molecule has 2 aromatic heterocycles. The van der Waals surface area contributed by atoms with E-state index in [0.29, 0.717) is 12.3 Å². The van der Waals surface area contributed by atoms with Gasteiger partial charge in [0.05, 0.1) is 0 Å². The average molecular weight is 379 g/mol. The highest BCUT2D eigenvalue weighted by Crippen LogP contribution is 2.32. The van der Waals surface area contributed by atoms with Crippen molar-refractivity contribution in [1.82, 2.24) is 9.88 Å². The predicted octanol–water partition coefficient (Wildman–Crippen LogP) is 4.16. The highest BCUT2D eigenvalue weighted by molar-refractivity contribution is 7.17. The van der Waals surface area contributed by atoms with Gasteiger partial charge in [0.2, 0.25) is 5.91 Å². The first-order valence-corrected chi connectivity index (χ1v) is 10.1. The third kappa shape index (κ3) is 3.68. The van der Waals surface area contributed by atoms with Gasteiger partial charge in [0, 0.05) is 61.7 Å². The lowest BCUT2D eigenvalue weighted by molar-refractivity contribution is -0.138. The highest BCUT2D eigenvalue weighted by atomic mass is 32.1. The molecule has 4 heterocycles. The molecule has 0 aromatic carbocycles. The van der Waals surface area contributed by atoms with E-state index in [9.17, 15) is 13.6 Å². The second-order valence-electron chi connectivity index (χ2n) is 7.34. The van der Waals surface area contributed by atoms with Crippen LogP contribution in [0.5, 0.6) is 0 Å². The lowest BCUT2D eigenvalue weighted by atomic mass is 9.92. The first-order chi connectivity index (χ1) is 12.5. The summed E-state index contributed by atoms with van der Waals surface area (Å²) in [4.78, 5) is 20.9. The van der Waals surface area contributed by atoms with E-state index in [1.165, 1.54) is 10.1 Å². The smallest absolute Gasteiger partial charge is 0.251 e. The van der Waals surface area contributed by atoms with E-state index in [4.69, 9.17) is 0 Å². The number of pyridine rings is 1. The highest BCUT2D eigenvalue weighted by Gasteiger charge is 2.36. The Kier molecular flexibility index (Phi) is 4.82. The zero-order chi connectivity index (χ0) is 18.1. The van der Waals surface area contributed by atoms with Gasteiger partial charge in [-0.15, -0.1) is 11.3 Å². The average Bonchev–Trinajstić information content (AvgIpc) is 3.11. The van der Waals surface area contributed by atoms with Crippen molar-refractivity contribution in [1.29, 1.82) is 0 Å². The molecule has 26 heavy (non-hydrogen) atoms. The van der Waals surface area contributed by atoms with Crippen molar-refractivity contribution in [2.75, 3.05) is 31.1 Å². The van der Waals surface area contributed by atoms with E-state index in [1.54, 1.807) is 16.2 Å². The zero-order valence-corrected chi connectivity index (χ0v) is 15.5. The number of hydrogen-bond donors (Lipinski definition) is 0. The van der Waals surface area contributed by atoms with Crippen LogP contribution in [0.25, 0.3) is 10.1 Å². The fraction of sp³-hybridized carbons (Fsp3) is 0.579. The molecule has 1 amide bonds. The molecule has 0 spiro atoms. The summed E-state index contributed by atoms with van der Waals surface area (Å²) in [6.45, 7) is 2.15. The summed E-state index contributed by atoms with van der Waals surface area (Å²) < 4.78 is 27.7. The van der Waals surface area contributed by atoms with Crippen molar-refractivity contribution >= 4 is 33.1 Å². The maximum atomic E-state index is 13.2. The van der Waals surface area contributed by atoms with Gasteiger partial charge in [0.15, 0.2) is 0 Å². The van der Waals surface area contributed by atoms with Gasteiger partial charge < -0.3 is 9.80 Å². The monoisotopic (exact) mass is 379 g/mol. The van der Waals surface area contributed by atoms with E-state index >= 15 is 0 Å². The second kappa shape index (κ2) is 7.10. The van der Waals surface area contributed by atoms with Gasteiger partial charge >= 0.3 is 0 Å². The molecule has 2 aliphatic heterocycles. The summed E-state index contributed by atoms with van der Waals surface area (Å²) >= 11 is 1.72. The number of rotatable bonds is 3. The quantitative estimate of drug-likeness (QED) is 0.803. The number of carbonyl (C=O) groups excluding carboxylic acids is 1. The summed E-state index contributed by atoms with van der Waals surface area (Å²) in [6.07, 6.45) is 3.82. The Bertz CT molecular complexity index is 776. The Morgan fingerprint density at radius 1 is 1.19 bits per heavy atom. The SMILES string of the molecule is O=C(CC1CCN(c2nccc3sccc23)CC1)N1CCC(F)(F)CC1. The van der Waals surface area contributed by atoms with E-state index < -0.39 is 5.92 Å². The van der Waals surface area contributed by atoms with Gasteiger partial charge in [-0.3, -0.25) is 4.79 Å². The number of alkyl halides is 2. The van der Waals surface area contributed by atoms with Crippen LogP contribution in [0.2, 0.25) is 0 Å². The van der Waals surface area contributed by atoms with Crippen molar-refractivity contribution in [3.63, 3.8) is 0 Å². The van der Waals surface area contributed by atoms with Crippen LogP contribution in [-0.2, 0) is 4.79 Å². The standard InChI is InChI=1S/C19H23F2N3OS/c20-19(21)5-10-23(11-6-19)17(25)13-14-2-8-24(9-3-14)18-15-4-12-26-16(15)1-7-22-18/h1,4,7,12,14H,2-3,5-6,8-11,13H2. The molecule has 0 radical (unpaired) electrons. The molecule has 0 saturated carbocycles. The van der Waals surface area contributed by atoms with Crippen LogP contribution in [0, 0.1) is 5.92 Å². The van der Waals surface area contributed by atoms with Crippen molar-refractivity contribution in [2.45, 2.75) is 38.0 Å². The van der Waals surface area contributed by atoms with Crippen LogP contribution >= 0.6 is 11.3 Å². The van der Waals surface area contributed by atoms with Crippen LogP contribution in [0.1, 0.15) is 32.1 Å². The molecular weight excluding hydrogens is 356 g/mol. The normalized spacial score (nSPS) is 21.3. The van der Waals surface area contributed by atoms with Crippen LogP contribution < -0.4 is 4.90 Å². The number of halogens is 2. The fourth-order valence-corrected chi connectivity index (χ4v) is 4.72.